The molecule has 5 heteroatoms. The number of aromatic nitrogens is 2. The van der Waals surface area contributed by atoms with Crippen molar-refractivity contribution >= 4 is 22.4 Å². The van der Waals surface area contributed by atoms with Crippen molar-refractivity contribution in [1.29, 1.82) is 0 Å². The fraction of sp³-hybridized carbons (Fsp3) is 0.276. The summed E-state index contributed by atoms with van der Waals surface area (Å²) in [5.41, 5.74) is 4.42. The minimum absolute atomic E-state index is 0.0403. The van der Waals surface area contributed by atoms with Crippen molar-refractivity contribution in [1.82, 2.24) is 9.97 Å². The lowest BCUT2D eigenvalue weighted by atomic mass is 9.88. The lowest BCUT2D eigenvalue weighted by molar-refractivity contribution is 0.102. The van der Waals surface area contributed by atoms with Gasteiger partial charge in [0.2, 0.25) is 11.6 Å². The third-order valence-corrected chi connectivity index (χ3v) is 6.01. The van der Waals surface area contributed by atoms with Crippen LogP contribution in [0.2, 0.25) is 0 Å². The molecule has 34 heavy (non-hydrogen) atoms. The first-order valence-electron chi connectivity index (χ1n) is 11.5. The van der Waals surface area contributed by atoms with Crippen LogP contribution in [0.3, 0.4) is 0 Å². The third kappa shape index (κ3) is 4.87. The van der Waals surface area contributed by atoms with E-state index in [1.165, 1.54) is 5.57 Å². The molecule has 5 nitrogen and oxygen atoms in total. The lowest BCUT2D eigenvalue weighted by Crippen LogP contribution is -2.13. The first kappa shape index (κ1) is 23.3. The molecule has 0 amide bonds. The zero-order valence-electron chi connectivity index (χ0n) is 20.1. The second-order valence-corrected chi connectivity index (χ2v) is 8.93. The molecule has 2 aromatic carbocycles. The molecule has 1 aliphatic carbocycles. The molecule has 0 saturated carbocycles. The highest BCUT2D eigenvalue weighted by atomic mass is 16.5. The molecule has 1 aliphatic rings. The van der Waals surface area contributed by atoms with Crippen LogP contribution in [-0.2, 0) is 0 Å². The maximum absolute atomic E-state index is 13.3. The number of hydrogen-bond acceptors (Lipinski definition) is 5. The van der Waals surface area contributed by atoms with E-state index in [9.17, 15) is 4.79 Å². The molecule has 3 aromatic rings. The number of carbonyl (C=O) groups excluding carboxylic acids is 1. The average molecular weight is 452 g/mol. The second-order valence-electron chi connectivity index (χ2n) is 8.93. The second kappa shape index (κ2) is 9.93. The minimum Gasteiger partial charge on any atom is -0.481 e. The van der Waals surface area contributed by atoms with Crippen LogP contribution in [0.25, 0.3) is 10.9 Å². The van der Waals surface area contributed by atoms with Crippen molar-refractivity contribution in [3.05, 3.63) is 83.3 Å². The predicted octanol–water partition coefficient (Wildman–Crippen LogP) is 5.56. The van der Waals surface area contributed by atoms with Crippen molar-refractivity contribution in [3.63, 3.8) is 0 Å². The normalized spacial score (nSPS) is 15.2. The maximum atomic E-state index is 13.3. The van der Waals surface area contributed by atoms with E-state index in [1.807, 2.05) is 61.5 Å². The Balaban J connectivity index is 1.77. The maximum Gasteiger partial charge on any atom is 0.230 e. The van der Waals surface area contributed by atoms with Crippen LogP contribution >= 0.6 is 0 Å². The molecule has 0 N–H and O–H groups in total. The molecule has 1 atom stereocenters. The van der Waals surface area contributed by atoms with Crippen LogP contribution < -0.4 is 9.64 Å². The summed E-state index contributed by atoms with van der Waals surface area (Å²) in [5.74, 6) is 3.66. The number of carbonyl (C=O) groups is 1. The molecule has 172 valence electrons. The van der Waals surface area contributed by atoms with Crippen LogP contribution in [0.5, 0.6) is 5.75 Å². The van der Waals surface area contributed by atoms with Crippen molar-refractivity contribution in [2.45, 2.75) is 26.2 Å². The van der Waals surface area contributed by atoms with Crippen molar-refractivity contribution in [2.24, 2.45) is 5.92 Å². The average Bonchev–Trinajstić information content (AvgIpc) is 2.86. The smallest absolute Gasteiger partial charge is 0.230 e. The Hall–Kier alpha value is -3.91. The number of nitrogens with zero attached hydrogens (tertiary/aromatic N) is 3. The summed E-state index contributed by atoms with van der Waals surface area (Å²) in [6.45, 7) is 4.55. The Morgan fingerprint density at radius 2 is 1.94 bits per heavy atom. The molecule has 4 rings (SSSR count). The third-order valence-electron chi connectivity index (χ3n) is 6.01. The van der Waals surface area contributed by atoms with Crippen LogP contribution in [-0.4, -0.2) is 36.5 Å². The van der Waals surface area contributed by atoms with Gasteiger partial charge in [0.1, 0.15) is 12.4 Å². The Morgan fingerprint density at radius 3 is 2.56 bits per heavy atom. The van der Waals surface area contributed by atoms with Gasteiger partial charge in [-0.15, -0.1) is 6.42 Å². The number of ketones is 1. The Kier molecular flexibility index (Phi) is 6.79. The van der Waals surface area contributed by atoms with Crippen LogP contribution in [0.15, 0.2) is 66.3 Å². The summed E-state index contributed by atoms with van der Waals surface area (Å²) in [4.78, 5) is 24.8. The van der Waals surface area contributed by atoms with Gasteiger partial charge in [-0.2, -0.15) is 0 Å². The Bertz CT molecular complexity index is 1310. The molecule has 1 aromatic heterocycles. The van der Waals surface area contributed by atoms with E-state index in [0.717, 1.165) is 23.2 Å². The predicted molar refractivity (Wildman–Crippen MR) is 137 cm³/mol. The van der Waals surface area contributed by atoms with Gasteiger partial charge in [-0.05, 0) is 60.4 Å². The Labute approximate surface area is 201 Å². The molecule has 1 heterocycles. The van der Waals surface area contributed by atoms with E-state index in [0.29, 0.717) is 22.7 Å². The first-order valence-corrected chi connectivity index (χ1v) is 11.5. The topological polar surface area (TPSA) is 55.3 Å². The molecule has 0 saturated heterocycles. The summed E-state index contributed by atoms with van der Waals surface area (Å²) in [6, 6.07) is 13.1. The van der Waals surface area contributed by atoms with E-state index >= 15 is 0 Å². The number of anilines is 1. The SMILES string of the molecule is C#CCOc1ccc2nc(C(=O)c3ccc(N(C)C)cc3)nc(C3C=CC(C(C)C)=CC3)c2c1. The summed E-state index contributed by atoms with van der Waals surface area (Å²) in [5, 5.41) is 0.866. The van der Waals surface area contributed by atoms with E-state index in [1.54, 1.807) is 0 Å². The molecule has 0 fully saturated rings. The number of terminal acetylenes is 1. The first-order chi connectivity index (χ1) is 16.4. The molecular weight excluding hydrogens is 422 g/mol. The van der Waals surface area contributed by atoms with Crippen LogP contribution in [0.1, 0.15) is 48.1 Å². The number of ether oxygens (including phenoxy) is 1. The molecule has 0 aliphatic heterocycles. The van der Waals surface area contributed by atoms with Crippen LogP contribution in [0, 0.1) is 18.3 Å². The van der Waals surface area contributed by atoms with Gasteiger partial charge in [0, 0.05) is 36.7 Å². The summed E-state index contributed by atoms with van der Waals surface area (Å²) in [7, 11) is 3.93. The van der Waals surface area contributed by atoms with Gasteiger partial charge >= 0.3 is 0 Å². The fourth-order valence-corrected chi connectivity index (χ4v) is 4.04. The van der Waals surface area contributed by atoms with E-state index in [2.05, 4.69) is 43.0 Å². The van der Waals surface area contributed by atoms with Crippen molar-refractivity contribution in [3.8, 4) is 18.1 Å². The number of rotatable bonds is 7. The monoisotopic (exact) mass is 451 g/mol. The van der Waals surface area contributed by atoms with Gasteiger partial charge in [-0.25, -0.2) is 9.97 Å². The molecule has 0 spiro atoms. The van der Waals surface area contributed by atoms with E-state index < -0.39 is 0 Å². The number of hydrogen-bond donors (Lipinski definition) is 0. The summed E-state index contributed by atoms with van der Waals surface area (Å²) in [6.07, 6.45) is 12.8. The molecule has 0 bridgehead atoms. The zero-order chi connectivity index (χ0) is 24.2. The summed E-state index contributed by atoms with van der Waals surface area (Å²) < 4.78 is 5.64. The number of benzene rings is 2. The van der Waals surface area contributed by atoms with Gasteiger partial charge in [0.05, 0.1) is 11.2 Å². The van der Waals surface area contributed by atoms with E-state index in [-0.39, 0.29) is 24.1 Å². The highest BCUT2D eigenvalue weighted by Crippen LogP contribution is 2.33. The zero-order valence-corrected chi connectivity index (χ0v) is 20.1. The quantitative estimate of drug-likeness (QED) is 0.347. The fourth-order valence-electron chi connectivity index (χ4n) is 4.04. The highest BCUT2D eigenvalue weighted by Gasteiger charge is 2.22. The van der Waals surface area contributed by atoms with E-state index in [4.69, 9.17) is 16.1 Å². The van der Waals surface area contributed by atoms with Crippen LogP contribution in [0.4, 0.5) is 5.69 Å². The Morgan fingerprint density at radius 1 is 1.18 bits per heavy atom. The van der Waals surface area contributed by atoms with Crippen molar-refractivity contribution < 1.29 is 9.53 Å². The van der Waals surface area contributed by atoms with Crippen molar-refractivity contribution in [2.75, 3.05) is 25.6 Å². The number of allylic oxidation sites excluding steroid dienone is 4. The van der Waals surface area contributed by atoms with Gasteiger partial charge < -0.3 is 9.64 Å². The van der Waals surface area contributed by atoms with Gasteiger partial charge in [0.15, 0.2) is 0 Å². The van der Waals surface area contributed by atoms with Gasteiger partial charge in [-0.1, -0.05) is 38.0 Å². The molecule has 0 radical (unpaired) electrons. The molecule has 1 unspecified atom stereocenters. The summed E-state index contributed by atoms with van der Waals surface area (Å²) >= 11 is 0. The number of fused-ring (bicyclic) bond motifs is 1. The van der Waals surface area contributed by atoms with Gasteiger partial charge in [0.25, 0.3) is 0 Å². The lowest BCUT2D eigenvalue weighted by Gasteiger charge is -2.20. The highest BCUT2D eigenvalue weighted by molar-refractivity contribution is 6.07. The largest absolute Gasteiger partial charge is 0.481 e. The minimum atomic E-state index is -0.195. The van der Waals surface area contributed by atoms with Gasteiger partial charge in [-0.3, -0.25) is 4.79 Å². The molecular formula is C29H29N3O2. The standard InChI is InChI=1S/C29H29N3O2/c1-6-17-34-24-15-16-26-25(18-24)27(21-9-7-20(8-10-21)19(2)3)31-29(30-26)28(33)22-11-13-23(14-12-22)32(4)5/h1,7-9,11-16,18-19,21H,10,17H2,2-5H3.